The zero-order valence-corrected chi connectivity index (χ0v) is 19.8. The van der Waals surface area contributed by atoms with E-state index in [0.717, 1.165) is 55.9 Å². The average molecular weight is 478 g/mol. The van der Waals surface area contributed by atoms with Gasteiger partial charge in [-0.25, -0.2) is 5.01 Å². The molecule has 3 aliphatic heterocycles. The molecule has 3 aromatic rings. The van der Waals surface area contributed by atoms with Gasteiger partial charge in [0.1, 0.15) is 5.75 Å². The van der Waals surface area contributed by atoms with Crippen molar-refractivity contribution in [2.24, 2.45) is 5.10 Å². The van der Waals surface area contributed by atoms with Crippen molar-refractivity contribution in [2.75, 3.05) is 13.1 Å². The summed E-state index contributed by atoms with van der Waals surface area (Å²) in [6.07, 6.45) is 2.64. The van der Waals surface area contributed by atoms with Gasteiger partial charge in [-0.05, 0) is 29.3 Å². The lowest BCUT2D eigenvalue weighted by molar-refractivity contribution is -0.150. The summed E-state index contributed by atoms with van der Waals surface area (Å²) in [4.78, 5) is 2.51. The molecule has 0 N–H and O–H groups in total. The van der Waals surface area contributed by atoms with E-state index in [4.69, 9.17) is 33.0 Å². The van der Waals surface area contributed by atoms with Crippen LogP contribution in [0.5, 0.6) is 5.75 Å². The number of benzene rings is 3. The van der Waals surface area contributed by atoms with Crippen molar-refractivity contribution in [1.82, 2.24) is 9.91 Å². The predicted molar refractivity (Wildman–Crippen MR) is 133 cm³/mol. The molecule has 4 nitrogen and oxygen atoms in total. The summed E-state index contributed by atoms with van der Waals surface area (Å²) in [5.41, 5.74) is 4.18. The number of ether oxygens (including phenoxy) is 1. The minimum atomic E-state index is -0.426. The third-order valence-electron chi connectivity index (χ3n) is 7.05. The molecule has 0 bridgehead atoms. The van der Waals surface area contributed by atoms with E-state index in [9.17, 15) is 0 Å². The molecule has 3 aromatic carbocycles. The maximum Gasteiger partial charge on any atom is 0.200 e. The number of halogens is 2. The summed E-state index contributed by atoms with van der Waals surface area (Å²) in [7, 11) is 0. The van der Waals surface area contributed by atoms with E-state index < -0.39 is 5.72 Å². The first-order valence-electron chi connectivity index (χ1n) is 11.5. The van der Waals surface area contributed by atoms with E-state index in [1.807, 2.05) is 18.2 Å². The van der Waals surface area contributed by atoms with Crippen LogP contribution in [0.2, 0.25) is 10.0 Å². The van der Waals surface area contributed by atoms with E-state index in [0.29, 0.717) is 10.0 Å². The highest BCUT2D eigenvalue weighted by molar-refractivity contribution is 6.42. The van der Waals surface area contributed by atoms with Gasteiger partial charge in [0.2, 0.25) is 5.72 Å². The van der Waals surface area contributed by atoms with Crippen LogP contribution in [-0.2, 0) is 6.54 Å². The fraction of sp³-hybridized carbons (Fsp3) is 0.296. The van der Waals surface area contributed by atoms with Crippen LogP contribution in [0.25, 0.3) is 0 Å². The quantitative estimate of drug-likeness (QED) is 0.429. The normalized spacial score (nSPS) is 21.3. The zero-order chi connectivity index (χ0) is 22.4. The zero-order valence-electron chi connectivity index (χ0n) is 18.3. The van der Waals surface area contributed by atoms with E-state index in [2.05, 4.69) is 64.5 Å². The van der Waals surface area contributed by atoms with Crippen molar-refractivity contribution in [3.05, 3.63) is 99.5 Å². The van der Waals surface area contributed by atoms with Gasteiger partial charge in [0.05, 0.1) is 21.8 Å². The smallest absolute Gasteiger partial charge is 0.200 e. The Labute approximate surface area is 204 Å². The molecule has 1 unspecified atom stereocenters. The third kappa shape index (κ3) is 3.80. The van der Waals surface area contributed by atoms with Gasteiger partial charge >= 0.3 is 0 Å². The summed E-state index contributed by atoms with van der Waals surface area (Å²) in [5.74, 6) is 0.987. The van der Waals surface area contributed by atoms with Gasteiger partial charge in [0, 0.05) is 44.5 Å². The van der Waals surface area contributed by atoms with E-state index in [-0.39, 0.29) is 6.04 Å². The van der Waals surface area contributed by atoms with Crippen molar-refractivity contribution >= 4 is 28.9 Å². The Morgan fingerprint density at radius 3 is 2.45 bits per heavy atom. The van der Waals surface area contributed by atoms with Gasteiger partial charge in [-0.2, -0.15) is 5.10 Å². The first-order valence-corrected chi connectivity index (χ1v) is 12.2. The van der Waals surface area contributed by atoms with Crippen molar-refractivity contribution in [1.29, 1.82) is 0 Å². The monoisotopic (exact) mass is 477 g/mol. The molecule has 0 saturated carbocycles. The van der Waals surface area contributed by atoms with Gasteiger partial charge in [-0.3, -0.25) is 4.90 Å². The number of piperidine rings is 1. The lowest BCUT2D eigenvalue weighted by atomic mass is 9.90. The second-order valence-corrected chi connectivity index (χ2v) is 9.90. The van der Waals surface area contributed by atoms with Gasteiger partial charge in [0.25, 0.3) is 0 Å². The molecule has 6 heteroatoms. The fourth-order valence-corrected chi connectivity index (χ4v) is 5.61. The number of hydrogen-bond acceptors (Lipinski definition) is 4. The molecule has 1 fully saturated rings. The van der Waals surface area contributed by atoms with Crippen LogP contribution in [0.1, 0.15) is 42.0 Å². The number of likely N-dealkylation sites (tertiary alicyclic amines) is 1. The molecule has 3 aliphatic rings. The lowest BCUT2D eigenvalue weighted by Crippen LogP contribution is -2.59. The number of para-hydroxylation sites is 1. The summed E-state index contributed by atoms with van der Waals surface area (Å²) in [6, 6.07) is 25.0. The predicted octanol–water partition coefficient (Wildman–Crippen LogP) is 6.53. The number of hydrazone groups is 1. The highest BCUT2D eigenvalue weighted by atomic mass is 35.5. The minimum absolute atomic E-state index is 0.167. The fourth-order valence-electron chi connectivity index (χ4n) is 5.31. The lowest BCUT2D eigenvalue weighted by Gasteiger charge is -2.51. The van der Waals surface area contributed by atoms with Gasteiger partial charge in [0.15, 0.2) is 0 Å². The Morgan fingerprint density at radius 2 is 1.67 bits per heavy atom. The van der Waals surface area contributed by atoms with Gasteiger partial charge in [-0.1, -0.05) is 77.8 Å². The molecule has 168 valence electrons. The topological polar surface area (TPSA) is 28.1 Å². The number of nitrogens with zero attached hydrogens (tertiary/aromatic N) is 3. The Morgan fingerprint density at radius 1 is 0.909 bits per heavy atom. The summed E-state index contributed by atoms with van der Waals surface area (Å²) < 4.78 is 6.74. The SMILES string of the molecule is Clc1ccc(C2=NN3C(C2)c2ccccc2OC32CCN(Cc3ccccc3)CC2)cc1Cl. The van der Waals surface area contributed by atoms with Gasteiger partial charge in [-0.15, -0.1) is 0 Å². The molecule has 33 heavy (non-hydrogen) atoms. The van der Waals surface area contributed by atoms with E-state index >= 15 is 0 Å². The molecule has 1 atom stereocenters. The number of rotatable bonds is 3. The Balaban J connectivity index is 1.30. The third-order valence-corrected chi connectivity index (χ3v) is 7.78. The van der Waals surface area contributed by atoms with E-state index in [1.54, 1.807) is 0 Å². The minimum Gasteiger partial charge on any atom is -0.466 e. The van der Waals surface area contributed by atoms with Crippen LogP contribution in [0.4, 0.5) is 0 Å². The highest BCUT2D eigenvalue weighted by Gasteiger charge is 2.51. The van der Waals surface area contributed by atoms with Crippen molar-refractivity contribution in [2.45, 2.75) is 37.6 Å². The molecule has 0 radical (unpaired) electrons. The summed E-state index contributed by atoms with van der Waals surface area (Å²) >= 11 is 12.5. The second-order valence-electron chi connectivity index (χ2n) is 9.09. The molecule has 6 rings (SSSR count). The molecule has 0 aliphatic carbocycles. The highest BCUT2D eigenvalue weighted by Crippen LogP contribution is 2.50. The standard InChI is InChI=1S/C27H25Cl2N3O/c28-22-11-10-20(16-23(22)29)24-17-25-21-8-4-5-9-26(21)33-27(32(25)30-24)12-14-31(15-13-27)18-19-6-2-1-3-7-19/h1-11,16,25H,12-15,17-18H2. The first kappa shape index (κ1) is 21.0. The molecular weight excluding hydrogens is 453 g/mol. The van der Waals surface area contributed by atoms with Crippen LogP contribution < -0.4 is 4.74 Å². The van der Waals surface area contributed by atoms with Crippen LogP contribution in [0.15, 0.2) is 77.9 Å². The Bertz CT molecular complexity index is 1200. The Kier molecular flexibility index (Phi) is 5.33. The molecule has 1 saturated heterocycles. The first-order chi connectivity index (χ1) is 16.1. The average Bonchev–Trinajstić information content (AvgIpc) is 3.30. The maximum atomic E-state index is 6.74. The molecule has 0 aromatic heterocycles. The van der Waals surface area contributed by atoms with Crippen LogP contribution in [-0.4, -0.2) is 34.4 Å². The van der Waals surface area contributed by atoms with Gasteiger partial charge < -0.3 is 4.74 Å². The summed E-state index contributed by atoms with van der Waals surface area (Å²) in [6.45, 7) is 2.91. The van der Waals surface area contributed by atoms with Crippen molar-refractivity contribution < 1.29 is 4.74 Å². The maximum absolute atomic E-state index is 6.74. The van der Waals surface area contributed by atoms with Crippen LogP contribution in [0.3, 0.4) is 0 Å². The van der Waals surface area contributed by atoms with Crippen molar-refractivity contribution in [3.63, 3.8) is 0 Å². The molecule has 0 amide bonds. The second kappa shape index (κ2) is 8.35. The van der Waals surface area contributed by atoms with Crippen LogP contribution >= 0.6 is 23.2 Å². The summed E-state index contributed by atoms with van der Waals surface area (Å²) in [5, 5.41) is 8.50. The number of hydrogen-bond donors (Lipinski definition) is 0. The van der Waals surface area contributed by atoms with Crippen LogP contribution in [0, 0.1) is 0 Å². The Hall–Kier alpha value is -2.53. The van der Waals surface area contributed by atoms with E-state index in [1.165, 1.54) is 11.1 Å². The molecular formula is C27H25Cl2N3O. The molecule has 1 spiro atoms. The van der Waals surface area contributed by atoms with Crippen molar-refractivity contribution in [3.8, 4) is 5.75 Å². The molecule has 3 heterocycles. The number of fused-ring (bicyclic) bond motifs is 4. The largest absolute Gasteiger partial charge is 0.466 e.